The Morgan fingerprint density at radius 3 is 2.39 bits per heavy atom. The maximum atomic E-state index is 13.9. The van der Waals surface area contributed by atoms with Crippen molar-refractivity contribution in [2.24, 2.45) is 0 Å². The van der Waals surface area contributed by atoms with Crippen molar-refractivity contribution in [1.82, 2.24) is 14.1 Å². The normalized spacial score (nSPS) is 17.3. The SMILES string of the molecule is O=C(c1ccccc1)[C@H]1[C@H](c2ccc(Cl)cc2)n2c(nc3ccccc32)-c2cccn21. The second-order valence-corrected chi connectivity index (χ2v) is 8.20. The number of fused-ring (bicyclic) bond motifs is 5. The average Bonchev–Trinajstić information content (AvgIpc) is 3.44. The van der Waals surface area contributed by atoms with Crippen molar-refractivity contribution in [2.75, 3.05) is 0 Å². The molecule has 1 aliphatic heterocycles. The molecule has 4 nitrogen and oxygen atoms in total. The summed E-state index contributed by atoms with van der Waals surface area (Å²) in [6.07, 6.45) is 1.98. The van der Waals surface area contributed by atoms with E-state index in [-0.39, 0.29) is 11.8 Å². The predicted octanol–water partition coefficient (Wildman–Crippen LogP) is 6.19. The van der Waals surface area contributed by atoms with Gasteiger partial charge in [-0.2, -0.15) is 0 Å². The summed E-state index contributed by atoms with van der Waals surface area (Å²) in [5.41, 5.74) is 4.57. The Kier molecular flexibility index (Phi) is 4.08. The number of rotatable bonds is 3. The van der Waals surface area contributed by atoms with Gasteiger partial charge in [-0.05, 0) is 42.0 Å². The van der Waals surface area contributed by atoms with E-state index in [4.69, 9.17) is 16.6 Å². The third kappa shape index (κ3) is 2.76. The minimum Gasteiger partial charge on any atom is -0.332 e. The van der Waals surface area contributed by atoms with E-state index in [1.165, 1.54) is 0 Å². The van der Waals surface area contributed by atoms with E-state index in [1.54, 1.807) is 0 Å². The van der Waals surface area contributed by atoms with Crippen molar-refractivity contribution in [3.8, 4) is 11.5 Å². The van der Waals surface area contributed by atoms with Gasteiger partial charge < -0.3 is 9.13 Å². The molecule has 0 bridgehead atoms. The standard InChI is InChI=1S/C26H18ClN3O/c27-19-14-12-17(13-15-19)23-24(25(31)18-7-2-1-3-8-18)29-16-6-11-22(29)26-28-20-9-4-5-10-21(20)30(23)26/h1-16,23-24H/t23-,24+/m0/s1. The second kappa shape index (κ2) is 6.96. The number of benzene rings is 3. The van der Waals surface area contributed by atoms with Crippen LogP contribution in [0.2, 0.25) is 5.02 Å². The van der Waals surface area contributed by atoms with E-state index in [9.17, 15) is 4.79 Å². The fourth-order valence-electron chi connectivity index (χ4n) is 4.66. The maximum Gasteiger partial charge on any atom is 0.188 e. The summed E-state index contributed by atoms with van der Waals surface area (Å²) in [5.74, 6) is 0.935. The molecule has 31 heavy (non-hydrogen) atoms. The van der Waals surface area contributed by atoms with E-state index < -0.39 is 6.04 Å². The van der Waals surface area contributed by atoms with E-state index in [0.717, 1.165) is 28.1 Å². The zero-order chi connectivity index (χ0) is 20.9. The fourth-order valence-corrected chi connectivity index (χ4v) is 4.79. The summed E-state index contributed by atoms with van der Waals surface area (Å²) in [6, 6.07) is 28.7. The molecule has 2 atom stereocenters. The molecule has 1 aliphatic rings. The summed E-state index contributed by atoms with van der Waals surface area (Å²) >= 11 is 6.19. The van der Waals surface area contributed by atoms with E-state index in [1.807, 2.05) is 91.1 Å². The van der Waals surface area contributed by atoms with Crippen LogP contribution < -0.4 is 0 Å². The number of hydrogen-bond donors (Lipinski definition) is 0. The molecule has 6 rings (SSSR count). The molecule has 5 aromatic rings. The lowest BCUT2D eigenvalue weighted by atomic mass is 9.90. The zero-order valence-electron chi connectivity index (χ0n) is 16.5. The van der Waals surface area contributed by atoms with Gasteiger partial charge in [-0.25, -0.2) is 4.98 Å². The first-order chi connectivity index (χ1) is 15.2. The van der Waals surface area contributed by atoms with Crippen molar-refractivity contribution in [1.29, 1.82) is 0 Å². The first-order valence-corrected chi connectivity index (χ1v) is 10.6. The summed E-state index contributed by atoms with van der Waals surface area (Å²) in [6.45, 7) is 0. The lowest BCUT2D eigenvalue weighted by Crippen LogP contribution is -2.34. The van der Waals surface area contributed by atoms with Crippen LogP contribution in [0.1, 0.15) is 28.0 Å². The fraction of sp³-hybridized carbons (Fsp3) is 0.0769. The van der Waals surface area contributed by atoms with Gasteiger partial charge in [-0.1, -0.05) is 66.2 Å². The van der Waals surface area contributed by atoms with Gasteiger partial charge >= 0.3 is 0 Å². The molecule has 3 heterocycles. The van der Waals surface area contributed by atoms with E-state index in [0.29, 0.717) is 10.6 Å². The molecular formula is C26H18ClN3O. The molecule has 0 N–H and O–H groups in total. The molecule has 0 saturated carbocycles. The number of hydrogen-bond acceptors (Lipinski definition) is 2. The van der Waals surface area contributed by atoms with Gasteiger partial charge in [0.2, 0.25) is 0 Å². The number of Topliss-reactive ketones (excluding diaryl/α,β-unsaturated/α-hetero) is 1. The van der Waals surface area contributed by atoms with Gasteiger partial charge in [0.1, 0.15) is 6.04 Å². The van der Waals surface area contributed by atoms with Crippen molar-refractivity contribution in [3.63, 3.8) is 0 Å². The Hall–Kier alpha value is -3.63. The molecular weight excluding hydrogens is 406 g/mol. The highest BCUT2D eigenvalue weighted by atomic mass is 35.5. The van der Waals surface area contributed by atoms with Crippen molar-refractivity contribution in [2.45, 2.75) is 12.1 Å². The molecule has 3 aromatic carbocycles. The minimum absolute atomic E-state index is 0.0708. The van der Waals surface area contributed by atoms with Crippen LogP contribution in [0.4, 0.5) is 0 Å². The number of para-hydroxylation sites is 2. The summed E-state index contributed by atoms with van der Waals surface area (Å²) in [4.78, 5) is 18.8. The van der Waals surface area contributed by atoms with Crippen molar-refractivity contribution < 1.29 is 4.79 Å². The van der Waals surface area contributed by atoms with E-state index in [2.05, 4.69) is 15.2 Å². The van der Waals surface area contributed by atoms with Crippen LogP contribution >= 0.6 is 11.6 Å². The Balaban J connectivity index is 1.66. The second-order valence-electron chi connectivity index (χ2n) is 7.77. The highest BCUT2D eigenvalue weighted by molar-refractivity contribution is 6.30. The van der Waals surface area contributed by atoms with Crippen LogP contribution in [-0.2, 0) is 0 Å². The number of carbonyl (C=O) groups excluding carboxylic acids is 1. The maximum absolute atomic E-state index is 13.9. The molecule has 0 amide bonds. The molecule has 2 aromatic heterocycles. The number of aromatic nitrogens is 3. The van der Waals surface area contributed by atoms with Crippen LogP contribution in [0, 0.1) is 0 Å². The van der Waals surface area contributed by atoms with Gasteiger partial charge in [0, 0.05) is 16.8 Å². The monoisotopic (exact) mass is 423 g/mol. The molecule has 5 heteroatoms. The largest absolute Gasteiger partial charge is 0.332 e. The Morgan fingerprint density at radius 1 is 0.839 bits per heavy atom. The Labute approximate surface area is 184 Å². The quantitative estimate of drug-likeness (QED) is 0.325. The van der Waals surface area contributed by atoms with Crippen LogP contribution in [-0.4, -0.2) is 19.9 Å². The molecule has 0 radical (unpaired) electrons. The smallest absolute Gasteiger partial charge is 0.188 e. The van der Waals surface area contributed by atoms with Gasteiger partial charge in [0.15, 0.2) is 11.6 Å². The molecule has 0 aliphatic carbocycles. The van der Waals surface area contributed by atoms with Gasteiger partial charge in [-0.15, -0.1) is 0 Å². The number of imidazole rings is 1. The predicted molar refractivity (Wildman–Crippen MR) is 123 cm³/mol. The van der Waals surface area contributed by atoms with Crippen molar-refractivity contribution in [3.05, 3.63) is 113 Å². The molecule has 0 unspecified atom stereocenters. The summed E-state index contributed by atoms with van der Waals surface area (Å²) in [7, 11) is 0. The Morgan fingerprint density at radius 2 is 1.58 bits per heavy atom. The summed E-state index contributed by atoms with van der Waals surface area (Å²) in [5, 5.41) is 0.669. The topological polar surface area (TPSA) is 39.8 Å². The van der Waals surface area contributed by atoms with Gasteiger partial charge in [-0.3, -0.25) is 4.79 Å². The number of ketones is 1. The zero-order valence-corrected chi connectivity index (χ0v) is 17.3. The van der Waals surface area contributed by atoms with Crippen LogP contribution in [0.5, 0.6) is 0 Å². The highest BCUT2D eigenvalue weighted by Gasteiger charge is 2.40. The number of nitrogens with zero attached hydrogens (tertiary/aromatic N) is 3. The van der Waals surface area contributed by atoms with Crippen LogP contribution in [0.15, 0.2) is 97.2 Å². The third-order valence-corrected chi connectivity index (χ3v) is 6.27. The number of carbonyl (C=O) groups is 1. The summed E-state index contributed by atoms with van der Waals surface area (Å²) < 4.78 is 4.27. The highest BCUT2D eigenvalue weighted by Crippen LogP contribution is 2.45. The molecule has 0 saturated heterocycles. The minimum atomic E-state index is -0.446. The lowest BCUT2D eigenvalue weighted by Gasteiger charge is -2.35. The first kappa shape index (κ1) is 18.2. The third-order valence-electron chi connectivity index (χ3n) is 6.02. The van der Waals surface area contributed by atoms with Gasteiger partial charge in [0.05, 0.1) is 22.8 Å². The molecule has 0 fully saturated rings. The van der Waals surface area contributed by atoms with Crippen LogP contribution in [0.25, 0.3) is 22.6 Å². The molecule has 0 spiro atoms. The number of halogens is 1. The van der Waals surface area contributed by atoms with Gasteiger partial charge in [0.25, 0.3) is 0 Å². The van der Waals surface area contributed by atoms with E-state index >= 15 is 0 Å². The molecule has 150 valence electrons. The Bertz CT molecular complexity index is 1420. The average molecular weight is 424 g/mol. The lowest BCUT2D eigenvalue weighted by molar-refractivity contribution is 0.0895. The van der Waals surface area contributed by atoms with Crippen LogP contribution in [0.3, 0.4) is 0 Å². The first-order valence-electron chi connectivity index (χ1n) is 10.2. The van der Waals surface area contributed by atoms with Crippen molar-refractivity contribution >= 4 is 28.4 Å².